The summed E-state index contributed by atoms with van der Waals surface area (Å²) in [5.74, 6) is -2.49. The SMILES string of the molecule is COc1c(N2CC[C@@](CN)(C(F)(F)F)C2)c(F)cc2c(=O)c(C(=O)O)cn(C3CC3)c12. The molecule has 1 saturated heterocycles. The van der Waals surface area contributed by atoms with Crippen LogP contribution in [0.3, 0.4) is 0 Å². The lowest BCUT2D eigenvalue weighted by Gasteiger charge is -2.31. The first-order chi connectivity index (χ1) is 14.5. The van der Waals surface area contributed by atoms with Crippen molar-refractivity contribution in [2.24, 2.45) is 11.1 Å². The molecule has 0 unspecified atom stereocenters. The third-order valence-corrected chi connectivity index (χ3v) is 6.24. The monoisotopic (exact) mass is 443 g/mol. The Balaban J connectivity index is 1.95. The van der Waals surface area contributed by atoms with Gasteiger partial charge in [-0.1, -0.05) is 0 Å². The number of nitrogens with zero attached hydrogens (tertiary/aromatic N) is 2. The van der Waals surface area contributed by atoms with Crippen molar-refractivity contribution >= 4 is 22.6 Å². The lowest BCUT2D eigenvalue weighted by molar-refractivity contribution is -0.212. The average Bonchev–Trinajstić information content (AvgIpc) is 3.44. The number of aromatic nitrogens is 1. The molecule has 2 aromatic rings. The van der Waals surface area contributed by atoms with Gasteiger partial charge in [0.15, 0.2) is 11.6 Å². The van der Waals surface area contributed by atoms with Gasteiger partial charge in [-0.3, -0.25) is 4.79 Å². The minimum atomic E-state index is -4.57. The average molecular weight is 443 g/mol. The van der Waals surface area contributed by atoms with Crippen molar-refractivity contribution in [1.29, 1.82) is 0 Å². The number of halogens is 4. The summed E-state index contributed by atoms with van der Waals surface area (Å²) in [7, 11) is 1.24. The summed E-state index contributed by atoms with van der Waals surface area (Å²) >= 11 is 0. The van der Waals surface area contributed by atoms with Crippen molar-refractivity contribution in [2.75, 3.05) is 31.6 Å². The number of carbonyl (C=O) groups is 1. The summed E-state index contributed by atoms with van der Waals surface area (Å²) in [6, 6.07) is 0.780. The van der Waals surface area contributed by atoms with Crippen LogP contribution in [0, 0.1) is 11.2 Å². The Morgan fingerprint density at radius 2 is 2.06 bits per heavy atom. The van der Waals surface area contributed by atoms with Gasteiger partial charge in [0.2, 0.25) is 5.43 Å². The van der Waals surface area contributed by atoms with Crippen molar-refractivity contribution in [3.05, 3.63) is 33.9 Å². The molecule has 2 heterocycles. The largest absolute Gasteiger partial charge is 0.492 e. The molecular weight excluding hydrogens is 422 g/mol. The fraction of sp³-hybridized carbons (Fsp3) is 0.500. The number of hydrogen-bond acceptors (Lipinski definition) is 5. The Kier molecular flexibility index (Phi) is 4.91. The van der Waals surface area contributed by atoms with Crippen molar-refractivity contribution in [3.8, 4) is 5.75 Å². The Morgan fingerprint density at radius 3 is 2.55 bits per heavy atom. The van der Waals surface area contributed by atoms with Crippen LogP contribution in [-0.4, -0.2) is 48.6 Å². The maximum atomic E-state index is 15.2. The van der Waals surface area contributed by atoms with Gasteiger partial charge in [0.25, 0.3) is 0 Å². The molecule has 1 aliphatic carbocycles. The number of fused-ring (bicyclic) bond motifs is 1. The van der Waals surface area contributed by atoms with Gasteiger partial charge in [-0.05, 0) is 25.3 Å². The van der Waals surface area contributed by atoms with Gasteiger partial charge in [-0.2, -0.15) is 13.2 Å². The van der Waals surface area contributed by atoms with Gasteiger partial charge in [0, 0.05) is 31.9 Å². The zero-order valence-electron chi connectivity index (χ0n) is 16.6. The van der Waals surface area contributed by atoms with Crippen LogP contribution in [0.5, 0.6) is 5.75 Å². The van der Waals surface area contributed by atoms with E-state index in [1.54, 1.807) is 4.57 Å². The standard InChI is InChI=1S/C20H21F4N3O4/c1-31-17-14-11(16(28)12(18(29)30)7-27(14)10-2-3-10)6-13(21)15(17)26-5-4-19(8-25,9-26)20(22,23)24/h6-7,10H,2-5,8-9,25H2,1H3,(H,29,30)/t19-/m0/s1. The molecule has 1 aromatic heterocycles. The minimum Gasteiger partial charge on any atom is -0.492 e. The number of methoxy groups -OCH3 is 1. The number of benzene rings is 1. The van der Waals surface area contributed by atoms with Gasteiger partial charge in [0.05, 0.1) is 23.4 Å². The molecule has 0 amide bonds. The van der Waals surface area contributed by atoms with E-state index in [1.807, 2.05) is 0 Å². The van der Waals surface area contributed by atoms with Crippen molar-refractivity contribution < 1.29 is 32.2 Å². The first-order valence-corrected chi connectivity index (χ1v) is 9.75. The van der Waals surface area contributed by atoms with Crippen LogP contribution >= 0.6 is 0 Å². The number of nitrogens with two attached hydrogens (primary N) is 1. The summed E-state index contributed by atoms with van der Waals surface area (Å²) < 4.78 is 63.1. The predicted molar refractivity (Wildman–Crippen MR) is 104 cm³/mol. The normalized spacial score (nSPS) is 21.7. The molecule has 3 N–H and O–H groups in total. The second-order valence-electron chi connectivity index (χ2n) is 8.11. The summed E-state index contributed by atoms with van der Waals surface area (Å²) in [5, 5.41) is 9.18. The van der Waals surface area contributed by atoms with E-state index in [2.05, 4.69) is 0 Å². The number of rotatable bonds is 5. The smallest absolute Gasteiger partial charge is 0.397 e. The van der Waals surface area contributed by atoms with Gasteiger partial charge in [-0.15, -0.1) is 0 Å². The molecule has 1 atom stereocenters. The van der Waals surface area contributed by atoms with E-state index in [0.717, 1.165) is 18.9 Å². The molecule has 1 aromatic carbocycles. The van der Waals surface area contributed by atoms with Crippen LogP contribution in [-0.2, 0) is 0 Å². The Hall–Kier alpha value is -2.82. The molecular formula is C20H21F4N3O4. The number of carboxylic acid groups (broad SMARTS) is 1. The Bertz CT molecular complexity index is 1130. The molecule has 0 radical (unpaired) electrons. The highest BCUT2D eigenvalue weighted by Crippen LogP contribution is 2.49. The third kappa shape index (κ3) is 3.22. The Morgan fingerprint density at radius 1 is 1.39 bits per heavy atom. The van der Waals surface area contributed by atoms with E-state index in [9.17, 15) is 27.9 Å². The number of hydrogen-bond donors (Lipinski definition) is 2. The Labute approximate surface area is 174 Å². The van der Waals surface area contributed by atoms with E-state index in [1.165, 1.54) is 18.2 Å². The molecule has 168 valence electrons. The molecule has 1 saturated carbocycles. The van der Waals surface area contributed by atoms with Crippen molar-refractivity contribution in [1.82, 2.24) is 4.57 Å². The maximum Gasteiger partial charge on any atom is 0.397 e. The van der Waals surface area contributed by atoms with Crippen LogP contribution < -0.4 is 20.8 Å². The number of alkyl halides is 3. The first-order valence-electron chi connectivity index (χ1n) is 9.75. The number of pyridine rings is 1. The lowest BCUT2D eigenvalue weighted by Crippen LogP contribution is -2.46. The first kappa shape index (κ1) is 21.4. The quantitative estimate of drug-likeness (QED) is 0.690. The fourth-order valence-electron chi connectivity index (χ4n) is 4.30. The highest BCUT2D eigenvalue weighted by molar-refractivity contribution is 5.97. The third-order valence-electron chi connectivity index (χ3n) is 6.24. The summed E-state index contributed by atoms with van der Waals surface area (Å²) in [4.78, 5) is 25.5. The van der Waals surface area contributed by atoms with Gasteiger partial charge < -0.3 is 25.0 Å². The molecule has 2 fully saturated rings. The molecule has 2 aliphatic rings. The molecule has 7 nitrogen and oxygen atoms in total. The number of carboxylic acids is 1. The predicted octanol–water partition coefficient (Wildman–Crippen LogP) is 2.90. The minimum absolute atomic E-state index is 0.0917. The molecule has 31 heavy (non-hydrogen) atoms. The van der Waals surface area contributed by atoms with Gasteiger partial charge in [0.1, 0.15) is 11.3 Å². The summed E-state index contributed by atoms with van der Waals surface area (Å²) in [6.07, 6.45) is -2.23. The van der Waals surface area contributed by atoms with E-state index in [-0.39, 0.29) is 41.3 Å². The summed E-state index contributed by atoms with van der Waals surface area (Å²) in [6.45, 7) is -1.29. The van der Waals surface area contributed by atoms with Crippen molar-refractivity contribution in [3.63, 3.8) is 0 Å². The molecule has 11 heteroatoms. The number of anilines is 1. The van der Waals surface area contributed by atoms with E-state index in [4.69, 9.17) is 10.5 Å². The second-order valence-corrected chi connectivity index (χ2v) is 8.11. The van der Waals surface area contributed by atoms with Crippen LogP contribution in [0.4, 0.5) is 23.2 Å². The van der Waals surface area contributed by atoms with Gasteiger partial charge in [-0.25, -0.2) is 9.18 Å². The van der Waals surface area contributed by atoms with E-state index >= 15 is 4.39 Å². The highest BCUT2D eigenvalue weighted by atomic mass is 19.4. The van der Waals surface area contributed by atoms with Gasteiger partial charge >= 0.3 is 12.1 Å². The lowest BCUT2D eigenvalue weighted by atomic mass is 9.86. The zero-order valence-corrected chi connectivity index (χ0v) is 16.6. The zero-order chi connectivity index (χ0) is 22.7. The van der Waals surface area contributed by atoms with Crippen LogP contribution in [0.2, 0.25) is 0 Å². The van der Waals surface area contributed by atoms with Crippen LogP contribution in [0.15, 0.2) is 17.1 Å². The second kappa shape index (κ2) is 7.11. The number of ether oxygens (including phenoxy) is 1. The maximum absolute atomic E-state index is 15.2. The van der Waals surface area contributed by atoms with Crippen LogP contribution in [0.1, 0.15) is 35.7 Å². The molecule has 4 rings (SSSR count). The van der Waals surface area contributed by atoms with Crippen LogP contribution in [0.25, 0.3) is 10.9 Å². The molecule has 1 aliphatic heterocycles. The van der Waals surface area contributed by atoms with E-state index < -0.39 is 47.5 Å². The molecule has 0 spiro atoms. The highest BCUT2D eigenvalue weighted by Gasteiger charge is 2.57. The topological polar surface area (TPSA) is 97.8 Å². The van der Waals surface area contributed by atoms with E-state index in [0.29, 0.717) is 0 Å². The number of aromatic carboxylic acids is 1. The summed E-state index contributed by atoms with van der Waals surface area (Å²) in [5.41, 5.74) is 1.88. The fourth-order valence-corrected chi connectivity index (χ4v) is 4.30. The van der Waals surface area contributed by atoms with Crippen molar-refractivity contribution in [2.45, 2.75) is 31.5 Å². The molecule has 0 bridgehead atoms.